The third kappa shape index (κ3) is 29.6. The van der Waals surface area contributed by atoms with Crippen molar-refractivity contribution in [1.29, 1.82) is 5.41 Å². The number of aromatic nitrogens is 3. The first-order chi connectivity index (χ1) is 64.8. The quantitative estimate of drug-likeness (QED) is 0.0141. The topological polar surface area (TPSA) is 626 Å². The Bertz CT molecular complexity index is 5310. The summed E-state index contributed by atoms with van der Waals surface area (Å²) in [5.41, 5.74) is 19.3. The number of carbonyl (C=O) groups excluding carboxylic acids is 17. The molecule has 3 saturated heterocycles. The number of nitrogens with two attached hydrogens (primary N) is 3. The van der Waals surface area contributed by atoms with Crippen molar-refractivity contribution in [2.75, 3.05) is 70.8 Å². The van der Waals surface area contributed by atoms with Crippen LogP contribution in [-0.4, -0.2) is 311 Å². The van der Waals surface area contributed by atoms with E-state index in [1.54, 1.807) is 62.0 Å². The van der Waals surface area contributed by atoms with E-state index in [0.29, 0.717) is 51.5 Å². The highest BCUT2D eigenvalue weighted by molar-refractivity contribution is 8.00. The van der Waals surface area contributed by atoms with E-state index in [1.807, 2.05) is 25.1 Å². The number of unbranched alkanes of at least 4 members (excludes halogenated alkanes) is 1. The molecule has 0 radical (unpaired) electrons. The van der Waals surface area contributed by atoms with E-state index in [1.165, 1.54) is 92.9 Å². The number of aromatic hydroxyl groups is 1. The van der Waals surface area contributed by atoms with E-state index in [-0.39, 0.29) is 121 Å². The van der Waals surface area contributed by atoms with E-state index in [4.69, 9.17) is 22.6 Å². The van der Waals surface area contributed by atoms with Crippen LogP contribution in [0.2, 0.25) is 0 Å². The lowest BCUT2D eigenvalue weighted by molar-refractivity contribution is -0.149. The fourth-order valence-corrected chi connectivity index (χ4v) is 18.9. The van der Waals surface area contributed by atoms with E-state index in [9.17, 15) is 53.4 Å². The van der Waals surface area contributed by atoms with Gasteiger partial charge in [-0.1, -0.05) is 88.7 Å². The molecule has 736 valence electrons. The Labute approximate surface area is 799 Å². The summed E-state index contributed by atoms with van der Waals surface area (Å²) in [5.74, 6) is -18.3. The van der Waals surface area contributed by atoms with Gasteiger partial charge in [-0.05, 0) is 134 Å². The zero-order chi connectivity index (χ0) is 99.3. The van der Waals surface area contributed by atoms with E-state index in [0.717, 1.165) is 36.1 Å². The SMILES string of the molecule is C=C(O)[C@@H]1NC(=O)[C@H](Cc2c[nH]c3ccccc23)NC(=O)[C@@H]2CCCN2C(=O)[C@H](CC(C)C)NC(=O)[C@H](Cc2cnc[nH]2)NC(=O)[C@@H]2CCCN2C(=O)[C@H](CC(N)=O)NC(=O)[C@H](C)N(C)C(=O)[C@H](Cc2ccc(O)cc2)NC(=O)CSCC(C(=O)NCC(N)=O)NC(=O)[C@H](CCCNC(=N)N)NC(=O)[C@H](CCSC)N(C)C(=O)[C@H](CCCC)N(C)C(=O)[C@H](Cc2csc3ccccc23)NC1=O. The highest BCUT2D eigenvalue weighted by Crippen LogP contribution is 2.30. The lowest BCUT2D eigenvalue weighted by atomic mass is 10.00. The molecule has 3 fully saturated rings. The number of likely N-dealkylation sites (N-methyl/N-ethyl adjacent to an activating group) is 3. The average Bonchev–Trinajstić information content (AvgIpc) is 1.61. The molecule has 45 heteroatoms. The summed E-state index contributed by atoms with van der Waals surface area (Å²) >= 11 is 3.42. The van der Waals surface area contributed by atoms with Gasteiger partial charge in [-0.3, -0.25) is 86.9 Å². The number of aliphatic hydroxyl groups excluding tert-OH is 1. The number of benzene rings is 3. The van der Waals surface area contributed by atoms with Crippen molar-refractivity contribution in [3.8, 4) is 5.75 Å². The summed E-state index contributed by atoms with van der Waals surface area (Å²) in [7, 11) is 3.91. The van der Waals surface area contributed by atoms with Crippen molar-refractivity contribution in [3.63, 3.8) is 0 Å². The molecule has 22 N–H and O–H groups in total. The number of fused-ring (bicyclic) bond motifs is 4. The number of thioether (sulfide) groups is 2. The number of hydrogen-bond donors (Lipinski definition) is 19. The Morgan fingerprint density at radius 3 is 1.80 bits per heavy atom. The molecule has 6 heterocycles. The summed E-state index contributed by atoms with van der Waals surface area (Å²) in [6.45, 7) is 9.52. The summed E-state index contributed by atoms with van der Waals surface area (Å²) < 4.78 is 0.808. The molecule has 0 aliphatic carbocycles. The smallest absolute Gasteiger partial charge is 0.251 e. The number of carbonyl (C=O) groups is 17. The number of para-hydroxylation sites is 1. The summed E-state index contributed by atoms with van der Waals surface area (Å²) in [4.78, 5) is 267. The van der Waals surface area contributed by atoms with Gasteiger partial charge in [0.1, 0.15) is 90.1 Å². The first-order valence-corrected chi connectivity index (χ1v) is 48.5. The fourth-order valence-electron chi connectivity index (χ4n) is 16.6. The molecule has 3 aliphatic heterocycles. The van der Waals surface area contributed by atoms with Crippen LogP contribution in [0.1, 0.15) is 127 Å². The van der Waals surface area contributed by atoms with Gasteiger partial charge in [0, 0.05) is 106 Å². The molecule has 42 nitrogen and oxygen atoms in total. The molecule has 0 spiro atoms. The first-order valence-electron chi connectivity index (χ1n) is 45.0. The van der Waals surface area contributed by atoms with Crippen LogP contribution in [0.25, 0.3) is 21.0 Å². The second-order valence-electron chi connectivity index (χ2n) is 34.5. The largest absolute Gasteiger partial charge is 0.510 e. The number of thiophene rings is 1. The number of H-pyrrole nitrogens is 2. The van der Waals surface area contributed by atoms with Gasteiger partial charge in [0.05, 0.1) is 25.0 Å². The Kier molecular flexibility index (Phi) is 39.8. The number of amides is 17. The maximum absolute atomic E-state index is 15.8. The number of nitrogens with zero attached hydrogens (tertiary/aromatic N) is 6. The number of nitrogens with one attached hydrogen (secondary N) is 14. The van der Waals surface area contributed by atoms with Gasteiger partial charge >= 0.3 is 0 Å². The van der Waals surface area contributed by atoms with Crippen molar-refractivity contribution in [2.45, 2.75) is 215 Å². The van der Waals surface area contributed by atoms with E-state index < -0.39 is 221 Å². The van der Waals surface area contributed by atoms with Crippen LogP contribution in [-0.2, 0) is 107 Å². The van der Waals surface area contributed by atoms with Gasteiger partial charge in [-0.2, -0.15) is 11.8 Å². The number of hydrogen-bond acceptors (Lipinski definition) is 24. The second kappa shape index (κ2) is 50.8. The molecular formula is C91H125N23O19S3. The predicted octanol–water partition coefficient (Wildman–Crippen LogP) is -0.524. The van der Waals surface area contributed by atoms with Crippen LogP contribution >= 0.6 is 34.9 Å². The van der Waals surface area contributed by atoms with Gasteiger partial charge in [0.15, 0.2) is 12.0 Å². The van der Waals surface area contributed by atoms with Gasteiger partial charge < -0.3 is 120 Å². The fraction of sp³-hybridized carbons (Fsp3) is 0.505. The van der Waals surface area contributed by atoms with Crippen LogP contribution in [0.15, 0.2) is 109 Å². The molecule has 17 amide bonds. The Morgan fingerprint density at radius 2 is 1.18 bits per heavy atom. The van der Waals surface area contributed by atoms with Crippen molar-refractivity contribution in [1.82, 2.24) is 97.9 Å². The number of guanidine groups is 1. The summed E-state index contributed by atoms with van der Waals surface area (Å²) in [6.07, 6.45) is 5.30. The molecule has 136 heavy (non-hydrogen) atoms. The summed E-state index contributed by atoms with van der Waals surface area (Å²) in [6, 6.07) is -1.69. The molecule has 6 aromatic rings. The number of phenols is 1. The maximum Gasteiger partial charge on any atom is 0.251 e. The Morgan fingerprint density at radius 1 is 0.596 bits per heavy atom. The van der Waals surface area contributed by atoms with Crippen molar-refractivity contribution < 1.29 is 91.7 Å². The lowest BCUT2D eigenvalue weighted by Crippen LogP contribution is -2.61. The van der Waals surface area contributed by atoms with Crippen LogP contribution in [0.4, 0.5) is 0 Å². The van der Waals surface area contributed by atoms with Crippen molar-refractivity contribution in [2.24, 2.45) is 23.1 Å². The minimum atomic E-state index is -2.07. The van der Waals surface area contributed by atoms with Gasteiger partial charge in [0.2, 0.25) is 94.5 Å². The van der Waals surface area contributed by atoms with E-state index in [2.05, 4.69) is 80.0 Å². The lowest BCUT2D eigenvalue weighted by Gasteiger charge is -2.36. The monoisotopic (exact) mass is 1940 g/mol. The summed E-state index contributed by atoms with van der Waals surface area (Å²) in [5, 5.41) is 62.0. The highest BCUT2D eigenvalue weighted by atomic mass is 32.2. The Balaban J connectivity index is 1.10. The molecular weight excluding hydrogens is 1820 g/mol. The number of imidazole rings is 1. The van der Waals surface area contributed by atoms with Crippen LogP contribution in [0, 0.1) is 11.3 Å². The molecule has 3 aromatic heterocycles. The van der Waals surface area contributed by atoms with Gasteiger partial charge in [-0.25, -0.2) is 4.98 Å². The van der Waals surface area contributed by atoms with Crippen LogP contribution in [0.5, 0.6) is 5.75 Å². The maximum atomic E-state index is 15.8. The average molecular weight is 1940 g/mol. The van der Waals surface area contributed by atoms with Crippen LogP contribution in [0.3, 0.4) is 0 Å². The molecule has 3 aliphatic rings. The minimum absolute atomic E-state index is 0.00185. The highest BCUT2D eigenvalue weighted by Gasteiger charge is 2.46. The number of aliphatic hydroxyl groups is 1. The van der Waals surface area contributed by atoms with Gasteiger partial charge in [0.25, 0.3) is 5.91 Å². The molecule has 14 atom stereocenters. The standard InChI is InChI=1S/C91H125N23O19S3/c1-10-11-23-71-90(133)111(7)68(31-35-134-9)82(125)102-60(22-16-32-97-91(94)95)79(122)108-67(78(121)99-44-74(93)118)46-135-47-75(119)101-64(37-52-27-29-56(116)30-28-52)86(129)110(6)50(4)77(120)105-66(41-73(92)117)89(132)114-34-18-25-70(114)84(127)104-62(40-55-43-96-48-100-55)80(123)106-63(36-49(2)3)88(131)113-33-17-24-69(113)83(126)103-61(38-53-42-98-59-21-14-12-19-57(53)59)81(124)109-76(51(5)115)85(128)107-65(87(130)112(71)8)39-54-45-136-72-26-15-13-20-58(54)72/h12-15,19-21,26-30,42-43,45,48-50,60-71,76,98,115-116H,5,10-11,16-18,22-25,31-41,44,46-47H2,1-4,6-9H3,(H2,92,117)(H2,93,118)(H,96,100)(H,99,121)(H,101,119)(H,102,125)(H,103,126)(H,104,127)(H,105,120)(H,106,123)(H,107,128)(H,108,122)(H,109,124)(H4,94,95,97)/t50-,60-,61-,62-,63-,64-,65-,66-,67?,68-,69-,70-,71-,76-/m0/s1. The Hall–Kier alpha value is -13.3. The molecule has 0 saturated carbocycles. The second-order valence-corrected chi connectivity index (χ2v) is 37.4. The number of primary amides is 2. The van der Waals surface area contributed by atoms with E-state index >= 15 is 38.4 Å². The van der Waals surface area contributed by atoms with Gasteiger partial charge in [-0.15, -0.1) is 23.1 Å². The normalized spacial score (nSPS) is 24.1. The zero-order valence-electron chi connectivity index (χ0n) is 77.3. The third-order valence-electron chi connectivity index (χ3n) is 24.0. The minimum Gasteiger partial charge on any atom is -0.510 e. The molecule has 9 rings (SSSR count). The molecule has 1 unspecified atom stereocenters. The van der Waals surface area contributed by atoms with Crippen molar-refractivity contribution in [3.05, 3.63) is 132 Å². The third-order valence-corrected chi connectivity index (χ3v) is 26.7. The molecule has 3 aromatic carbocycles. The zero-order valence-corrected chi connectivity index (χ0v) is 79.8. The number of rotatable bonds is 26. The number of aromatic amines is 2. The molecule has 0 bridgehead atoms. The van der Waals surface area contributed by atoms with Crippen LogP contribution < -0.4 is 75.7 Å². The first kappa shape index (κ1) is 106. The van der Waals surface area contributed by atoms with Crippen molar-refractivity contribution >= 4 is 162 Å². The number of phenolic OH excluding ortho intramolecular Hbond substituents is 1. The predicted molar refractivity (Wildman–Crippen MR) is 510 cm³/mol.